The molecule has 2 aromatic rings. The molecule has 6 heteroatoms. The molecule has 0 unspecified atom stereocenters. The molecule has 0 spiro atoms. The Bertz CT molecular complexity index is 708. The Labute approximate surface area is 118 Å². The molecule has 2 rings (SSSR count). The fourth-order valence-corrected chi connectivity index (χ4v) is 2.47. The Kier molecular flexibility index (Phi) is 4.05. The number of para-hydroxylation sites is 1. The van der Waals surface area contributed by atoms with Crippen molar-refractivity contribution in [1.29, 1.82) is 0 Å². The zero-order valence-corrected chi connectivity index (χ0v) is 11.8. The summed E-state index contributed by atoms with van der Waals surface area (Å²) < 4.78 is 27.6. The zero-order chi connectivity index (χ0) is 14.6. The third-order valence-electron chi connectivity index (χ3n) is 2.58. The molecule has 104 valence electrons. The first-order chi connectivity index (χ1) is 9.47. The van der Waals surface area contributed by atoms with Crippen molar-refractivity contribution in [1.82, 2.24) is 0 Å². The lowest BCUT2D eigenvalue weighted by Gasteiger charge is -2.05. The molecule has 0 saturated carbocycles. The first kappa shape index (κ1) is 14.1. The molecular formula is C14H15N3O2S. The molecule has 0 atom stereocenters. The number of nitrogens with zero attached hydrogens (tertiary/aromatic N) is 1. The maximum absolute atomic E-state index is 12.0. The number of guanidine groups is 1. The van der Waals surface area contributed by atoms with Crippen LogP contribution >= 0.6 is 0 Å². The number of hydrogen-bond acceptors (Lipinski definition) is 2. The van der Waals surface area contributed by atoms with Gasteiger partial charge in [0.25, 0.3) is 10.0 Å². The van der Waals surface area contributed by atoms with Crippen LogP contribution in [0.3, 0.4) is 0 Å². The lowest BCUT2D eigenvalue weighted by molar-refractivity contribution is 0.598. The molecule has 5 nitrogen and oxygen atoms in total. The topological polar surface area (TPSA) is 84.5 Å². The van der Waals surface area contributed by atoms with Crippen LogP contribution in [0.2, 0.25) is 0 Å². The summed E-state index contributed by atoms with van der Waals surface area (Å²) in [5, 5.41) is 2.73. The molecule has 0 amide bonds. The van der Waals surface area contributed by atoms with Gasteiger partial charge in [0.1, 0.15) is 0 Å². The predicted molar refractivity (Wildman–Crippen MR) is 80.1 cm³/mol. The van der Waals surface area contributed by atoms with Gasteiger partial charge in [-0.15, -0.1) is 4.40 Å². The summed E-state index contributed by atoms with van der Waals surface area (Å²) in [4.78, 5) is 0.112. The van der Waals surface area contributed by atoms with E-state index >= 15 is 0 Å². The van der Waals surface area contributed by atoms with E-state index < -0.39 is 10.0 Å². The first-order valence-electron chi connectivity index (χ1n) is 5.96. The average molecular weight is 289 g/mol. The van der Waals surface area contributed by atoms with E-state index in [0.29, 0.717) is 5.69 Å². The van der Waals surface area contributed by atoms with Crippen LogP contribution in [0, 0.1) is 6.92 Å². The SMILES string of the molecule is Cc1ccc(S(=O)(=O)/N=C(\N)Nc2ccccc2)cc1. The minimum Gasteiger partial charge on any atom is -0.369 e. The molecule has 3 N–H and O–H groups in total. The van der Waals surface area contributed by atoms with Crippen LogP contribution in [0.4, 0.5) is 5.69 Å². The van der Waals surface area contributed by atoms with E-state index in [-0.39, 0.29) is 10.9 Å². The number of benzene rings is 2. The third kappa shape index (κ3) is 3.58. The summed E-state index contributed by atoms with van der Waals surface area (Å²) in [5.41, 5.74) is 7.27. The second-order valence-electron chi connectivity index (χ2n) is 4.26. The number of sulfonamides is 1. The number of rotatable bonds is 3. The second kappa shape index (κ2) is 5.75. The summed E-state index contributed by atoms with van der Waals surface area (Å²) in [5.74, 6) is -0.170. The lowest BCUT2D eigenvalue weighted by atomic mass is 10.2. The van der Waals surface area contributed by atoms with E-state index in [4.69, 9.17) is 5.73 Å². The van der Waals surface area contributed by atoms with Crippen molar-refractivity contribution in [2.45, 2.75) is 11.8 Å². The van der Waals surface area contributed by atoms with E-state index in [1.54, 1.807) is 24.3 Å². The van der Waals surface area contributed by atoms with Gasteiger partial charge in [-0.25, -0.2) is 0 Å². The predicted octanol–water partition coefficient (Wildman–Crippen LogP) is 2.11. The monoisotopic (exact) mass is 289 g/mol. The van der Waals surface area contributed by atoms with Crippen molar-refractivity contribution in [2.24, 2.45) is 10.1 Å². The van der Waals surface area contributed by atoms with Crippen LogP contribution in [0.15, 0.2) is 63.9 Å². The fourth-order valence-electron chi connectivity index (χ4n) is 1.58. The maximum Gasteiger partial charge on any atom is 0.285 e. The number of nitrogens with two attached hydrogens (primary N) is 1. The summed E-state index contributed by atoms with van der Waals surface area (Å²) in [6, 6.07) is 15.4. The Hall–Kier alpha value is -2.34. The van der Waals surface area contributed by atoms with Gasteiger partial charge >= 0.3 is 0 Å². The van der Waals surface area contributed by atoms with Gasteiger partial charge in [-0.1, -0.05) is 35.9 Å². The molecule has 0 bridgehead atoms. The van der Waals surface area contributed by atoms with Crippen LogP contribution in [0.1, 0.15) is 5.56 Å². The summed E-state index contributed by atoms with van der Waals surface area (Å²) >= 11 is 0. The van der Waals surface area contributed by atoms with Crippen molar-refractivity contribution in [3.8, 4) is 0 Å². The third-order valence-corrected chi connectivity index (χ3v) is 3.89. The molecule has 20 heavy (non-hydrogen) atoms. The Morgan fingerprint density at radius 1 is 1.05 bits per heavy atom. The summed E-state index contributed by atoms with van der Waals surface area (Å²) in [6.45, 7) is 1.88. The van der Waals surface area contributed by atoms with Gasteiger partial charge in [-0.3, -0.25) is 0 Å². The standard InChI is InChI=1S/C14H15N3O2S/c1-11-7-9-13(10-8-11)20(18,19)17-14(15)16-12-5-3-2-4-6-12/h2-10H,1H3,(H3,15,16,17). The van der Waals surface area contributed by atoms with Crippen molar-refractivity contribution in [3.05, 3.63) is 60.2 Å². The highest BCUT2D eigenvalue weighted by atomic mass is 32.2. The quantitative estimate of drug-likeness (QED) is 0.669. The summed E-state index contributed by atoms with van der Waals surface area (Å²) in [7, 11) is -3.80. The molecule has 0 fully saturated rings. The van der Waals surface area contributed by atoms with Crippen LogP contribution < -0.4 is 11.1 Å². The molecule has 0 heterocycles. The minimum atomic E-state index is -3.80. The largest absolute Gasteiger partial charge is 0.369 e. The van der Waals surface area contributed by atoms with Crippen LogP contribution in [-0.4, -0.2) is 14.4 Å². The summed E-state index contributed by atoms with van der Waals surface area (Å²) in [6.07, 6.45) is 0. The van der Waals surface area contributed by atoms with Crippen molar-refractivity contribution in [2.75, 3.05) is 5.32 Å². The molecular weight excluding hydrogens is 274 g/mol. The molecule has 0 aliphatic heterocycles. The minimum absolute atomic E-state index is 0.112. The van der Waals surface area contributed by atoms with Gasteiger partial charge in [-0.2, -0.15) is 8.42 Å². The van der Waals surface area contributed by atoms with Gasteiger partial charge in [0, 0.05) is 5.69 Å². The fraction of sp³-hybridized carbons (Fsp3) is 0.0714. The Balaban J connectivity index is 2.22. The van der Waals surface area contributed by atoms with E-state index in [2.05, 4.69) is 9.71 Å². The second-order valence-corrected chi connectivity index (χ2v) is 5.86. The maximum atomic E-state index is 12.0. The highest BCUT2D eigenvalue weighted by molar-refractivity contribution is 7.90. The molecule has 0 aliphatic rings. The smallest absolute Gasteiger partial charge is 0.285 e. The number of aryl methyl sites for hydroxylation is 1. The Morgan fingerprint density at radius 3 is 2.25 bits per heavy atom. The molecule has 2 aromatic carbocycles. The normalized spacial score (nSPS) is 12.2. The van der Waals surface area contributed by atoms with Crippen molar-refractivity contribution in [3.63, 3.8) is 0 Å². The average Bonchev–Trinajstić information content (AvgIpc) is 2.39. The molecule has 0 saturated heterocycles. The van der Waals surface area contributed by atoms with Gasteiger partial charge in [-0.05, 0) is 31.2 Å². The van der Waals surface area contributed by atoms with E-state index in [9.17, 15) is 8.42 Å². The van der Waals surface area contributed by atoms with Crippen molar-refractivity contribution < 1.29 is 8.42 Å². The van der Waals surface area contributed by atoms with Gasteiger partial charge in [0.2, 0.25) is 5.96 Å². The van der Waals surface area contributed by atoms with Crippen LogP contribution in [0.5, 0.6) is 0 Å². The van der Waals surface area contributed by atoms with E-state index in [0.717, 1.165) is 5.56 Å². The molecule has 0 radical (unpaired) electrons. The lowest BCUT2D eigenvalue weighted by Crippen LogP contribution is -2.24. The highest BCUT2D eigenvalue weighted by Crippen LogP contribution is 2.13. The number of hydrogen-bond donors (Lipinski definition) is 2. The van der Waals surface area contributed by atoms with E-state index in [1.165, 1.54) is 12.1 Å². The van der Waals surface area contributed by atoms with Gasteiger partial charge < -0.3 is 11.1 Å². The van der Waals surface area contributed by atoms with Crippen LogP contribution in [0.25, 0.3) is 0 Å². The van der Waals surface area contributed by atoms with Crippen LogP contribution in [-0.2, 0) is 10.0 Å². The molecule has 0 aliphatic carbocycles. The van der Waals surface area contributed by atoms with E-state index in [1.807, 2.05) is 25.1 Å². The zero-order valence-electron chi connectivity index (χ0n) is 10.9. The number of anilines is 1. The highest BCUT2D eigenvalue weighted by Gasteiger charge is 2.13. The van der Waals surface area contributed by atoms with Gasteiger partial charge in [0.05, 0.1) is 4.90 Å². The number of nitrogens with one attached hydrogen (secondary N) is 1. The van der Waals surface area contributed by atoms with Gasteiger partial charge in [0.15, 0.2) is 0 Å². The van der Waals surface area contributed by atoms with Crippen molar-refractivity contribution >= 4 is 21.7 Å². The molecule has 0 aromatic heterocycles. The Morgan fingerprint density at radius 2 is 1.65 bits per heavy atom. The first-order valence-corrected chi connectivity index (χ1v) is 7.40.